The van der Waals surface area contributed by atoms with Gasteiger partial charge in [-0.15, -0.1) is 0 Å². The molecule has 1 unspecified atom stereocenters. The molecule has 3 N–H and O–H groups in total. The van der Waals surface area contributed by atoms with Crippen LogP contribution in [0.3, 0.4) is 0 Å². The zero-order chi connectivity index (χ0) is 19.8. The van der Waals surface area contributed by atoms with Crippen LogP contribution in [-0.2, 0) is 20.7 Å². The van der Waals surface area contributed by atoms with Crippen molar-refractivity contribution in [3.8, 4) is 0 Å². The quantitative estimate of drug-likeness (QED) is 0.656. The van der Waals surface area contributed by atoms with Crippen molar-refractivity contribution in [1.82, 2.24) is 5.32 Å². The number of anilines is 2. The van der Waals surface area contributed by atoms with E-state index in [1.54, 1.807) is 19.1 Å². The van der Waals surface area contributed by atoms with Gasteiger partial charge < -0.3 is 24.8 Å². The van der Waals surface area contributed by atoms with Gasteiger partial charge in [0.25, 0.3) is 0 Å². The predicted octanol–water partition coefficient (Wildman–Crippen LogP) is 1.27. The number of morpholine rings is 1. The maximum Gasteiger partial charge on any atom is 0.411 e. The summed E-state index contributed by atoms with van der Waals surface area (Å²) in [5, 5.41) is 15.2. The molecule has 1 aromatic rings. The van der Waals surface area contributed by atoms with Crippen LogP contribution in [-0.4, -0.2) is 62.7 Å². The highest BCUT2D eigenvalue weighted by atomic mass is 19.1. The summed E-state index contributed by atoms with van der Waals surface area (Å²) in [6.45, 7) is 5.27. The van der Waals surface area contributed by atoms with Crippen molar-refractivity contribution in [2.75, 3.05) is 49.7 Å². The molecule has 150 valence electrons. The molecule has 1 aliphatic rings. The van der Waals surface area contributed by atoms with Crippen LogP contribution in [0.15, 0.2) is 12.1 Å². The number of hydrogen-bond acceptors (Lipinski definition) is 6. The highest BCUT2D eigenvalue weighted by Crippen LogP contribution is 2.30. The number of benzene rings is 1. The van der Waals surface area contributed by atoms with Gasteiger partial charge in [-0.1, -0.05) is 0 Å². The summed E-state index contributed by atoms with van der Waals surface area (Å²) in [5.41, 5.74) is 0.768. The lowest BCUT2D eigenvalue weighted by atomic mass is 10.0. The first-order chi connectivity index (χ1) is 12.9. The van der Waals surface area contributed by atoms with Crippen LogP contribution in [0.2, 0.25) is 0 Å². The molecule has 1 aliphatic heterocycles. The van der Waals surface area contributed by atoms with E-state index in [4.69, 9.17) is 9.47 Å². The summed E-state index contributed by atoms with van der Waals surface area (Å²) in [5.74, 6) is -0.811. The van der Waals surface area contributed by atoms with E-state index >= 15 is 4.39 Å². The smallest absolute Gasteiger partial charge is 0.411 e. The molecular weight excluding hydrogens is 357 g/mol. The number of nitrogens with one attached hydrogen (secondary N) is 2. The van der Waals surface area contributed by atoms with Crippen LogP contribution in [0, 0.1) is 5.82 Å². The van der Waals surface area contributed by atoms with Crippen molar-refractivity contribution in [3.05, 3.63) is 23.5 Å². The van der Waals surface area contributed by atoms with E-state index in [2.05, 4.69) is 10.6 Å². The second-order valence-corrected chi connectivity index (χ2v) is 6.16. The third-order valence-corrected chi connectivity index (χ3v) is 4.11. The van der Waals surface area contributed by atoms with Crippen LogP contribution in [0.4, 0.5) is 20.6 Å². The van der Waals surface area contributed by atoms with Gasteiger partial charge in [0.15, 0.2) is 5.82 Å². The zero-order valence-corrected chi connectivity index (χ0v) is 15.6. The lowest BCUT2D eigenvalue weighted by molar-refractivity contribution is -0.119. The van der Waals surface area contributed by atoms with E-state index in [0.717, 1.165) is 0 Å². The van der Waals surface area contributed by atoms with Crippen LogP contribution >= 0.6 is 0 Å². The number of rotatable bonds is 7. The van der Waals surface area contributed by atoms with Gasteiger partial charge in [-0.3, -0.25) is 10.1 Å². The summed E-state index contributed by atoms with van der Waals surface area (Å²) in [6.07, 6.45) is -1.79. The Kier molecular flexibility index (Phi) is 7.81. The largest absolute Gasteiger partial charge is 0.450 e. The zero-order valence-electron chi connectivity index (χ0n) is 15.6. The Labute approximate surface area is 157 Å². The summed E-state index contributed by atoms with van der Waals surface area (Å²) in [7, 11) is 0. The van der Waals surface area contributed by atoms with Gasteiger partial charge in [0.05, 0.1) is 37.3 Å². The number of halogens is 1. The molecule has 0 spiro atoms. The second-order valence-electron chi connectivity index (χ2n) is 6.16. The van der Waals surface area contributed by atoms with Crippen molar-refractivity contribution >= 4 is 23.4 Å². The van der Waals surface area contributed by atoms with Crippen molar-refractivity contribution in [3.63, 3.8) is 0 Å². The maximum atomic E-state index is 15.2. The normalized spacial score (nSPS) is 15.2. The minimum absolute atomic E-state index is 0.0185. The van der Waals surface area contributed by atoms with E-state index in [0.29, 0.717) is 32.0 Å². The molecular formula is C18H26FN3O5. The Bertz CT molecular complexity index is 665. The first-order valence-electron chi connectivity index (χ1n) is 8.92. The highest BCUT2D eigenvalue weighted by Gasteiger charge is 2.22. The first kappa shape index (κ1) is 20.9. The van der Waals surface area contributed by atoms with Crippen LogP contribution in [0.1, 0.15) is 19.4 Å². The number of aliphatic hydroxyl groups excluding tert-OH is 1. The van der Waals surface area contributed by atoms with Crippen molar-refractivity contribution < 1.29 is 28.6 Å². The maximum absolute atomic E-state index is 15.2. The van der Waals surface area contributed by atoms with Crippen molar-refractivity contribution in [1.29, 1.82) is 0 Å². The Morgan fingerprint density at radius 1 is 1.37 bits per heavy atom. The lowest BCUT2D eigenvalue weighted by Gasteiger charge is -2.30. The molecule has 27 heavy (non-hydrogen) atoms. The predicted molar refractivity (Wildman–Crippen MR) is 98.5 cm³/mol. The Morgan fingerprint density at radius 3 is 2.70 bits per heavy atom. The third-order valence-electron chi connectivity index (χ3n) is 4.11. The molecule has 0 saturated carbocycles. The van der Waals surface area contributed by atoms with Crippen LogP contribution < -0.4 is 15.5 Å². The molecule has 8 nitrogen and oxygen atoms in total. The van der Waals surface area contributed by atoms with Gasteiger partial charge in [-0.25, -0.2) is 9.18 Å². The number of ether oxygens (including phenoxy) is 2. The van der Waals surface area contributed by atoms with Crippen LogP contribution in [0.5, 0.6) is 0 Å². The molecule has 0 radical (unpaired) electrons. The van der Waals surface area contributed by atoms with E-state index in [1.165, 1.54) is 6.92 Å². The summed E-state index contributed by atoms with van der Waals surface area (Å²) in [6, 6.07) is 3.18. The van der Waals surface area contributed by atoms with Crippen LogP contribution in [0.25, 0.3) is 0 Å². The SMILES string of the molecule is CCOC(=O)Nc1ccc(N2CCOCC2)c(F)c1CC(O)CNC(C)=O. The fraction of sp³-hybridized carbons (Fsp3) is 0.556. The van der Waals surface area contributed by atoms with Gasteiger partial charge in [0.1, 0.15) is 0 Å². The molecule has 0 aliphatic carbocycles. The van der Waals surface area contributed by atoms with Crippen molar-refractivity contribution in [2.24, 2.45) is 0 Å². The monoisotopic (exact) mass is 383 g/mol. The summed E-state index contributed by atoms with van der Waals surface area (Å²) < 4.78 is 25.4. The molecule has 2 amide bonds. The van der Waals surface area contributed by atoms with E-state index in [1.807, 2.05) is 4.90 Å². The molecule has 1 saturated heterocycles. The number of hydrogen-bond donors (Lipinski definition) is 3. The molecule has 9 heteroatoms. The number of carbonyl (C=O) groups excluding carboxylic acids is 2. The number of nitrogens with zero attached hydrogens (tertiary/aromatic N) is 1. The number of carbonyl (C=O) groups is 2. The first-order valence-corrected chi connectivity index (χ1v) is 8.92. The summed E-state index contributed by atoms with van der Waals surface area (Å²) >= 11 is 0. The van der Waals surface area contributed by atoms with Gasteiger partial charge in [0, 0.05) is 38.5 Å². The average Bonchev–Trinajstić information content (AvgIpc) is 2.64. The summed E-state index contributed by atoms with van der Waals surface area (Å²) in [4.78, 5) is 24.6. The third kappa shape index (κ3) is 6.07. The van der Waals surface area contributed by atoms with E-state index < -0.39 is 18.0 Å². The minimum atomic E-state index is -1.01. The Hall–Kier alpha value is -2.39. The van der Waals surface area contributed by atoms with E-state index in [9.17, 15) is 14.7 Å². The van der Waals surface area contributed by atoms with Gasteiger partial charge in [0.2, 0.25) is 5.91 Å². The lowest BCUT2D eigenvalue weighted by Crippen LogP contribution is -2.37. The second kappa shape index (κ2) is 10.1. The standard InChI is InChI=1S/C18H26FN3O5/c1-3-27-18(25)21-15-4-5-16(22-6-8-26-9-7-22)17(19)14(15)10-13(24)11-20-12(2)23/h4-5,13,24H,3,6-11H2,1-2H3,(H,20,23)(H,21,25). The topological polar surface area (TPSA) is 100 Å². The molecule has 0 bridgehead atoms. The van der Waals surface area contributed by atoms with Crippen molar-refractivity contribution in [2.45, 2.75) is 26.4 Å². The van der Waals surface area contributed by atoms with E-state index in [-0.39, 0.29) is 36.7 Å². The molecule has 2 rings (SSSR count). The number of amides is 2. The average molecular weight is 383 g/mol. The Morgan fingerprint density at radius 2 is 2.07 bits per heavy atom. The van der Waals surface area contributed by atoms with Gasteiger partial charge in [-0.2, -0.15) is 0 Å². The molecule has 1 fully saturated rings. The Balaban J connectivity index is 2.27. The molecule has 0 aromatic heterocycles. The fourth-order valence-electron chi connectivity index (χ4n) is 2.82. The van der Waals surface area contributed by atoms with Gasteiger partial charge in [-0.05, 0) is 19.1 Å². The molecule has 1 atom stereocenters. The number of aliphatic hydroxyl groups is 1. The fourth-order valence-corrected chi connectivity index (χ4v) is 2.82. The minimum Gasteiger partial charge on any atom is -0.450 e. The molecule has 1 aromatic carbocycles. The highest BCUT2D eigenvalue weighted by molar-refractivity contribution is 5.86. The van der Waals surface area contributed by atoms with Gasteiger partial charge >= 0.3 is 6.09 Å². The molecule has 1 heterocycles.